The van der Waals surface area contributed by atoms with Gasteiger partial charge in [-0.1, -0.05) is 18.2 Å². The second-order valence-corrected chi connectivity index (χ2v) is 15.0. The summed E-state index contributed by atoms with van der Waals surface area (Å²) in [6, 6.07) is 9.26. The van der Waals surface area contributed by atoms with Crippen molar-refractivity contribution in [3.05, 3.63) is 82.8 Å². The van der Waals surface area contributed by atoms with Crippen LogP contribution in [-0.4, -0.2) is 41.0 Å². The number of hydrogen-bond acceptors (Lipinski definition) is 8. The number of rotatable bonds is 9. The van der Waals surface area contributed by atoms with Crippen LogP contribution in [0, 0.1) is 30.3 Å². The lowest BCUT2D eigenvalue weighted by Crippen LogP contribution is -2.30. The van der Waals surface area contributed by atoms with E-state index in [0.29, 0.717) is 34.5 Å². The summed E-state index contributed by atoms with van der Waals surface area (Å²) in [5, 5.41) is 3.38. The molecule has 12 heteroatoms. The van der Waals surface area contributed by atoms with E-state index < -0.39 is 44.4 Å². The number of aromatic nitrogens is 3. The number of anilines is 1. The maximum atomic E-state index is 15.3. The molecule has 0 unspecified atom stereocenters. The molecule has 8 nitrogen and oxygen atoms in total. The molecule has 46 heavy (non-hydrogen) atoms. The van der Waals surface area contributed by atoms with Crippen LogP contribution < -0.4 is 5.32 Å². The Labute approximate surface area is 266 Å². The highest BCUT2D eigenvalue weighted by Crippen LogP contribution is 2.31. The summed E-state index contributed by atoms with van der Waals surface area (Å²) in [7, 11) is -3.87. The summed E-state index contributed by atoms with van der Waals surface area (Å²) in [6.07, 6.45) is 5.43. The molecule has 0 aliphatic heterocycles. The number of fused-ring (bicyclic) bond motifs is 1. The van der Waals surface area contributed by atoms with E-state index in [9.17, 15) is 17.6 Å². The topological polar surface area (TPSA) is 111 Å². The Hall–Kier alpha value is -4.06. The predicted molar refractivity (Wildman–Crippen MR) is 170 cm³/mol. The summed E-state index contributed by atoms with van der Waals surface area (Å²) < 4.78 is 74.4. The van der Waals surface area contributed by atoms with Crippen LogP contribution in [0.3, 0.4) is 0 Å². The monoisotopic (exact) mass is 654 g/mol. The minimum Gasteiger partial charge on any atom is -0.460 e. The summed E-state index contributed by atoms with van der Waals surface area (Å²) in [5.74, 6) is -3.59. The van der Waals surface area contributed by atoms with E-state index in [1.54, 1.807) is 13.0 Å². The van der Waals surface area contributed by atoms with Gasteiger partial charge < -0.3 is 10.1 Å². The first-order chi connectivity index (χ1) is 21.7. The molecule has 1 aliphatic carbocycles. The van der Waals surface area contributed by atoms with Gasteiger partial charge in [0.1, 0.15) is 16.9 Å². The van der Waals surface area contributed by atoms with Gasteiger partial charge in [0.15, 0.2) is 21.5 Å². The molecule has 0 saturated heterocycles. The molecular formula is C34H37F3N4O4S. The highest BCUT2D eigenvalue weighted by molar-refractivity contribution is 7.89. The van der Waals surface area contributed by atoms with Crippen molar-refractivity contribution in [3.63, 3.8) is 0 Å². The molecule has 2 aromatic carbocycles. The Morgan fingerprint density at radius 3 is 2.33 bits per heavy atom. The van der Waals surface area contributed by atoms with Crippen molar-refractivity contribution in [2.75, 3.05) is 5.32 Å². The number of nitrogens with zero attached hydrogens (tertiary/aromatic N) is 3. The van der Waals surface area contributed by atoms with Crippen LogP contribution in [0.2, 0.25) is 0 Å². The van der Waals surface area contributed by atoms with E-state index in [4.69, 9.17) is 4.74 Å². The third-order valence-electron chi connectivity index (χ3n) is 7.91. The molecule has 1 fully saturated rings. The van der Waals surface area contributed by atoms with Crippen molar-refractivity contribution in [1.82, 2.24) is 15.0 Å². The molecule has 0 atom stereocenters. The van der Waals surface area contributed by atoms with Crippen molar-refractivity contribution in [2.24, 2.45) is 5.92 Å². The van der Waals surface area contributed by atoms with Gasteiger partial charge in [-0.25, -0.2) is 36.5 Å². The highest BCUT2D eigenvalue weighted by Gasteiger charge is 2.26. The smallest absolute Gasteiger partial charge is 0.306 e. The molecule has 2 heterocycles. The summed E-state index contributed by atoms with van der Waals surface area (Å²) in [6.45, 7) is 7.37. The van der Waals surface area contributed by atoms with Crippen molar-refractivity contribution in [2.45, 2.75) is 82.9 Å². The van der Waals surface area contributed by atoms with Gasteiger partial charge >= 0.3 is 5.97 Å². The van der Waals surface area contributed by atoms with E-state index in [1.807, 2.05) is 20.8 Å². The zero-order valence-electron chi connectivity index (χ0n) is 26.2. The maximum Gasteiger partial charge on any atom is 0.306 e. The number of sulfone groups is 1. The minimum atomic E-state index is -3.87. The molecule has 0 radical (unpaired) electrons. The van der Waals surface area contributed by atoms with Crippen LogP contribution in [0.5, 0.6) is 0 Å². The van der Waals surface area contributed by atoms with Crippen molar-refractivity contribution >= 4 is 32.8 Å². The third kappa shape index (κ3) is 8.39. The average molecular weight is 655 g/mol. The largest absolute Gasteiger partial charge is 0.460 e. The Morgan fingerprint density at radius 2 is 1.65 bits per heavy atom. The molecule has 0 spiro atoms. The first-order valence-corrected chi connectivity index (χ1v) is 17.0. The van der Waals surface area contributed by atoms with Gasteiger partial charge in [-0.3, -0.25) is 4.79 Å². The number of carbonyl (C=O) groups is 1. The van der Waals surface area contributed by atoms with Crippen LogP contribution in [0.15, 0.2) is 48.7 Å². The van der Waals surface area contributed by atoms with E-state index in [1.165, 1.54) is 30.5 Å². The molecule has 244 valence electrons. The fourth-order valence-electron chi connectivity index (χ4n) is 5.72. The maximum absolute atomic E-state index is 15.3. The second-order valence-electron chi connectivity index (χ2n) is 13.0. The number of hydrogen-bond donors (Lipinski definition) is 1. The number of ether oxygens (including phenoxy) is 1. The first kappa shape index (κ1) is 33.3. The number of pyridine rings is 1. The van der Waals surface area contributed by atoms with E-state index >= 15 is 8.78 Å². The second kappa shape index (κ2) is 13.4. The molecular weight excluding hydrogens is 617 g/mol. The Morgan fingerprint density at radius 1 is 0.957 bits per heavy atom. The number of halogens is 3. The zero-order chi connectivity index (χ0) is 33.2. The quantitative estimate of drug-likeness (QED) is 0.188. The van der Waals surface area contributed by atoms with Gasteiger partial charge in [0, 0.05) is 23.6 Å². The fraction of sp³-hybridized carbons (Fsp3) is 0.412. The Kier molecular flexibility index (Phi) is 9.67. The van der Waals surface area contributed by atoms with Gasteiger partial charge in [-0.2, -0.15) is 0 Å². The van der Waals surface area contributed by atoms with Gasteiger partial charge in [0.05, 0.1) is 28.9 Å². The Bertz CT molecular complexity index is 1850. The summed E-state index contributed by atoms with van der Waals surface area (Å²) in [4.78, 5) is 25.7. The van der Waals surface area contributed by atoms with Crippen LogP contribution in [0.1, 0.15) is 69.6 Å². The molecule has 4 aromatic rings. The van der Waals surface area contributed by atoms with Gasteiger partial charge in [-0.05, 0) is 94.7 Å². The van der Waals surface area contributed by atoms with Crippen LogP contribution in [0.4, 0.5) is 19.1 Å². The Balaban J connectivity index is 1.26. The number of benzene rings is 2. The first-order valence-electron chi connectivity index (χ1n) is 15.2. The van der Waals surface area contributed by atoms with Crippen LogP contribution in [0.25, 0.3) is 22.3 Å². The number of carbonyl (C=O) groups excluding carboxylic acids is 1. The van der Waals surface area contributed by atoms with Gasteiger partial charge in [0.25, 0.3) is 0 Å². The number of nitrogens with one attached hydrogen (secondary N) is 1. The average Bonchev–Trinajstić information content (AvgIpc) is 2.97. The molecule has 0 amide bonds. The lowest BCUT2D eigenvalue weighted by molar-refractivity contribution is -0.156. The standard InChI is InChI=1S/C34H37F3N4O4S/c1-20-15-27(26-14-9-23(30(36)31(26)37)19-46(43,44)18-22-5-10-24(35)11-6-22)40-28-17-38-33(41-32(20)28)39-25-12-7-21(8-13-25)16-29(42)45-34(2,3)4/h5-6,9-11,14-15,17,21,25H,7-8,12-13,16,18-19H2,1-4H3,(H,38,39,41). The molecule has 1 saturated carbocycles. The summed E-state index contributed by atoms with van der Waals surface area (Å²) in [5.41, 5.74) is 1.22. The normalized spacial score (nSPS) is 17.2. The van der Waals surface area contributed by atoms with Crippen LogP contribution in [-0.2, 0) is 30.9 Å². The third-order valence-corrected chi connectivity index (χ3v) is 9.43. The molecule has 0 bridgehead atoms. The fourth-order valence-corrected chi connectivity index (χ4v) is 7.22. The summed E-state index contributed by atoms with van der Waals surface area (Å²) >= 11 is 0. The van der Waals surface area contributed by atoms with Crippen molar-refractivity contribution in [1.29, 1.82) is 0 Å². The number of esters is 1. The molecule has 1 aliphatic rings. The zero-order valence-corrected chi connectivity index (χ0v) is 27.1. The molecule has 2 aromatic heterocycles. The van der Waals surface area contributed by atoms with Crippen molar-refractivity contribution < 1.29 is 31.1 Å². The van der Waals surface area contributed by atoms with E-state index in [-0.39, 0.29) is 34.7 Å². The predicted octanol–water partition coefficient (Wildman–Crippen LogP) is 7.24. The lowest BCUT2D eigenvalue weighted by atomic mass is 9.84. The molecule has 1 N–H and O–H groups in total. The van der Waals surface area contributed by atoms with Gasteiger partial charge in [-0.15, -0.1) is 0 Å². The SMILES string of the molecule is Cc1cc(-c2ccc(CS(=O)(=O)Cc3ccc(F)cc3)c(F)c2F)nc2cnc(NC3CCC(CC(=O)OC(C)(C)C)CC3)nc12. The highest BCUT2D eigenvalue weighted by atomic mass is 32.2. The van der Waals surface area contributed by atoms with E-state index in [2.05, 4.69) is 20.3 Å². The number of aryl methyl sites for hydroxylation is 1. The van der Waals surface area contributed by atoms with E-state index in [0.717, 1.165) is 37.8 Å². The minimum absolute atomic E-state index is 0.118. The van der Waals surface area contributed by atoms with Crippen LogP contribution >= 0.6 is 0 Å². The molecule has 5 rings (SSSR count). The lowest BCUT2D eigenvalue weighted by Gasteiger charge is -2.29. The van der Waals surface area contributed by atoms with Gasteiger partial charge in [0.2, 0.25) is 5.95 Å². The van der Waals surface area contributed by atoms with Crippen molar-refractivity contribution in [3.8, 4) is 11.3 Å².